The normalized spacial score (nSPS) is 15.8. The molecule has 3 heterocycles. The number of likely N-dealkylation sites (N-methyl/N-ethyl adjacent to an activating group) is 1. The van der Waals surface area contributed by atoms with E-state index in [1.54, 1.807) is 11.9 Å². The molecule has 0 saturated heterocycles. The number of ether oxygens (including phenoxy) is 2. The number of aromatic nitrogens is 2. The average Bonchev–Trinajstić information content (AvgIpc) is 2.97. The Morgan fingerprint density at radius 2 is 2.00 bits per heavy atom. The predicted molar refractivity (Wildman–Crippen MR) is 97.6 cm³/mol. The molecule has 2 aromatic heterocycles. The van der Waals surface area contributed by atoms with Gasteiger partial charge in [0.25, 0.3) is 0 Å². The van der Waals surface area contributed by atoms with Crippen LogP contribution in [-0.4, -0.2) is 46.5 Å². The van der Waals surface area contributed by atoms with Gasteiger partial charge in [0.15, 0.2) is 17.6 Å². The summed E-state index contributed by atoms with van der Waals surface area (Å²) in [6.45, 7) is 2.84. The van der Waals surface area contributed by atoms with Crippen molar-refractivity contribution in [1.29, 1.82) is 0 Å². The van der Waals surface area contributed by atoms with Gasteiger partial charge in [-0.25, -0.2) is 4.98 Å². The molecule has 0 fully saturated rings. The summed E-state index contributed by atoms with van der Waals surface area (Å²) in [4.78, 5) is 18.9. The van der Waals surface area contributed by atoms with Gasteiger partial charge in [-0.15, -0.1) is 0 Å². The lowest BCUT2D eigenvalue weighted by Gasteiger charge is -2.29. The highest BCUT2D eigenvalue weighted by molar-refractivity contribution is 5.78. The lowest BCUT2D eigenvalue weighted by Crippen LogP contribution is -2.42. The number of rotatable bonds is 4. The molecule has 26 heavy (non-hydrogen) atoms. The SMILES string of the molecule is Cc1nc2ccccn2c1CC(=O)N(C)C[C@H]1COc2ccccc2O1. The Labute approximate surface area is 152 Å². The summed E-state index contributed by atoms with van der Waals surface area (Å²) in [5.74, 6) is 1.50. The van der Waals surface area contributed by atoms with Crippen LogP contribution in [0.25, 0.3) is 5.65 Å². The quantitative estimate of drug-likeness (QED) is 0.725. The number of aryl methyl sites for hydroxylation is 1. The number of hydrogen-bond donors (Lipinski definition) is 0. The van der Waals surface area contributed by atoms with Gasteiger partial charge >= 0.3 is 0 Å². The summed E-state index contributed by atoms with van der Waals surface area (Å²) in [6.07, 6.45) is 2.06. The van der Waals surface area contributed by atoms with Gasteiger partial charge in [-0.1, -0.05) is 18.2 Å². The van der Waals surface area contributed by atoms with E-state index in [9.17, 15) is 4.79 Å². The molecule has 0 unspecified atom stereocenters. The summed E-state index contributed by atoms with van der Waals surface area (Å²) >= 11 is 0. The summed E-state index contributed by atoms with van der Waals surface area (Å²) in [5.41, 5.74) is 2.66. The number of carbonyl (C=O) groups is 1. The first kappa shape index (κ1) is 16.4. The number of benzene rings is 1. The van der Waals surface area contributed by atoms with E-state index in [0.717, 1.165) is 28.5 Å². The molecule has 0 radical (unpaired) electrons. The van der Waals surface area contributed by atoms with E-state index in [1.807, 2.05) is 60.0 Å². The predicted octanol–water partition coefficient (Wildman–Crippen LogP) is 2.48. The highest BCUT2D eigenvalue weighted by Gasteiger charge is 2.24. The molecule has 0 bridgehead atoms. The molecule has 0 aliphatic carbocycles. The first-order valence-electron chi connectivity index (χ1n) is 8.67. The monoisotopic (exact) mass is 351 g/mol. The van der Waals surface area contributed by atoms with E-state index in [4.69, 9.17) is 9.47 Å². The largest absolute Gasteiger partial charge is 0.486 e. The number of carbonyl (C=O) groups excluding carboxylic acids is 1. The zero-order valence-corrected chi connectivity index (χ0v) is 14.9. The molecule has 0 N–H and O–H groups in total. The van der Waals surface area contributed by atoms with E-state index < -0.39 is 0 Å². The molecular formula is C20H21N3O3. The second kappa shape index (κ2) is 6.71. The van der Waals surface area contributed by atoms with Crippen molar-refractivity contribution in [3.8, 4) is 11.5 Å². The van der Waals surface area contributed by atoms with Gasteiger partial charge in [0.05, 0.1) is 24.4 Å². The van der Waals surface area contributed by atoms with E-state index in [1.165, 1.54) is 0 Å². The van der Waals surface area contributed by atoms with Crippen molar-refractivity contribution in [2.24, 2.45) is 0 Å². The second-order valence-corrected chi connectivity index (χ2v) is 6.52. The molecule has 3 aromatic rings. The van der Waals surface area contributed by atoms with Crippen molar-refractivity contribution in [2.75, 3.05) is 20.2 Å². The Bertz CT molecular complexity index is 950. The fourth-order valence-corrected chi connectivity index (χ4v) is 3.22. The van der Waals surface area contributed by atoms with Crippen LogP contribution in [0.5, 0.6) is 11.5 Å². The standard InChI is InChI=1S/C20H21N3O3/c1-14-16(23-10-6-5-9-19(23)21-14)11-20(24)22(2)12-15-13-25-17-7-3-4-8-18(17)26-15/h3-10,15H,11-13H2,1-2H3/t15-/m0/s1. The number of imidazole rings is 1. The molecule has 0 saturated carbocycles. The number of nitrogens with zero attached hydrogens (tertiary/aromatic N) is 3. The minimum Gasteiger partial charge on any atom is -0.486 e. The lowest BCUT2D eigenvalue weighted by atomic mass is 10.2. The van der Waals surface area contributed by atoms with Crippen molar-refractivity contribution >= 4 is 11.6 Å². The van der Waals surface area contributed by atoms with Crippen molar-refractivity contribution in [3.05, 3.63) is 60.0 Å². The molecule has 1 amide bonds. The minimum absolute atomic E-state index is 0.0289. The van der Waals surface area contributed by atoms with Gasteiger partial charge in [0.2, 0.25) is 5.91 Å². The van der Waals surface area contributed by atoms with Gasteiger partial charge in [0, 0.05) is 13.2 Å². The van der Waals surface area contributed by atoms with Gasteiger partial charge < -0.3 is 18.8 Å². The summed E-state index contributed by atoms with van der Waals surface area (Å²) in [6, 6.07) is 13.4. The smallest absolute Gasteiger partial charge is 0.228 e. The maximum atomic E-state index is 12.7. The lowest BCUT2D eigenvalue weighted by molar-refractivity contribution is -0.130. The zero-order chi connectivity index (χ0) is 18.1. The molecule has 0 spiro atoms. The van der Waals surface area contributed by atoms with Crippen molar-refractivity contribution in [2.45, 2.75) is 19.4 Å². The van der Waals surface area contributed by atoms with Gasteiger partial charge in [-0.2, -0.15) is 0 Å². The molecule has 1 aromatic carbocycles. The van der Waals surface area contributed by atoms with Crippen LogP contribution < -0.4 is 9.47 Å². The van der Waals surface area contributed by atoms with E-state index in [0.29, 0.717) is 19.6 Å². The Morgan fingerprint density at radius 3 is 2.85 bits per heavy atom. The highest BCUT2D eigenvalue weighted by Crippen LogP contribution is 2.31. The molecule has 6 heteroatoms. The van der Waals surface area contributed by atoms with Crippen LogP contribution >= 0.6 is 0 Å². The van der Waals surface area contributed by atoms with Crippen LogP contribution in [0.2, 0.25) is 0 Å². The third-order valence-electron chi connectivity index (χ3n) is 4.62. The molecule has 1 atom stereocenters. The third kappa shape index (κ3) is 3.10. The number of fused-ring (bicyclic) bond motifs is 2. The Morgan fingerprint density at radius 1 is 1.23 bits per heavy atom. The van der Waals surface area contributed by atoms with Crippen molar-refractivity contribution < 1.29 is 14.3 Å². The van der Waals surface area contributed by atoms with E-state index in [-0.39, 0.29) is 12.0 Å². The molecule has 1 aliphatic heterocycles. The summed E-state index contributed by atoms with van der Waals surface area (Å²) < 4.78 is 13.6. The maximum Gasteiger partial charge on any atom is 0.228 e. The Kier molecular flexibility index (Phi) is 4.24. The zero-order valence-electron chi connectivity index (χ0n) is 14.9. The van der Waals surface area contributed by atoms with Crippen LogP contribution in [0.1, 0.15) is 11.4 Å². The van der Waals surface area contributed by atoms with Crippen LogP contribution in [0.4, 0.5) is 0 Å². The van der Waals surface area contributed by atoms with Crippen LogP contribution in [0.3, 0.4) is 0 Å². The van der Waals surface area contributed by atoms with Crippen molar-refractivity contribution in [1.82, 2.24) is 14.3 Å². The Balaban J connectivity index is 1.43. The number of pyridine rings is 1. The Hall–Kier alpha value is -3.02. The van der Waals surface area contributed by atoms with Crippen LogP contribution in [-0.2, 0) is 11.2 Å². The topological polar surface area (TPSA) is 56.1 Å². The molecule has 4 rings (SSSR count). The summed E-state index contributed by atoms with van der Waals surface area (Å²) in [5, 5.41) is 0. The average molecular weight is 351 g/mol. The second-order valence-electron chi connectivity index (χ2n) is 6.52. The maximum absolute atomic E-state index is 12.7. The van der Waals surface area contributed by atoms with Gasteiger partial charge in [-0.3, -0.25) is 4.79 Å². The number of amides is 1. The molecule has 1 aliphatic rings. The first-order chi connectivity index (χ1) is 12.6. The molecule has 134 valence electrons. The number of hydrogen-bond acceptors (Lipinski definition) is 4. The fraction of sp³-hybridized carbons (Fsp3) is 0.300. The highest BCUT2D eigenvalue weighted by atomic mass is 16.6. The van der Waals surface area contributed by atoms with Crippen LogP contribution in [0, 0.1) is 6.92 Å². The van der Waals surface area contributed by atoms with Gasteiger partial charge in [0.1, 0.15) is 12.3 Å². The van der Waals surface area contributed by atoms with Gasteiger partial charge in [-0.05, 0) is 31.2 Å². The van der Waals surface area contributed by atoms with E-state index in [2.05, 4.69) is 4.98 Å². The minimum atomic E-state index is -0.179. The molecular weight excluding hydrogens is 330 g/mol. The number of para-hydroxylation sites is 2. The van der Waals surface area contributed by atoms with E-state index >= 15 is 0 Å². The summed E-state index contributed by atoms with van der Waals surface area (Å²) in [7, 11) is 1.80. The fourth-order valence-electron chi connectivity index (χ4n) is 3.22. The van der Waals surface area contributed by atoms with Crippen molar-refractivity contribution in [3.63, 3.8) is 0 Å². The van der Waals surface area contributed by atoms with Crippen LogP contribution in [0.15, 0.2) is 48.7 Å². The first-order valence-corrected chi connectivity index (χ1v) is 8.67. The third-order valence-corrected chi connectivity index (χ3v) is 4.62. The molecule has 6 nitrogen and oxygen atoms in total.